The standard InChI is InChI=1S/C20H18N2O4/c23-18-7-4-12-21-20(18)22-19(24)14-26-17-10-8-16(9-11-17)25-13-15-5-2-1-3-6-15/h1-12,23H,13-14H2,(H,21,22,24). The molecule has 0 bridgehead atoms. The predicted molar refractivity (Wildman–Crippen MR) is 97.2 cm³/mol. The molecule has 0 aliphatic heterocycles. The number of pyridine rings is 1. The maximum atomic E-state index is 11.9. The Morgan fingerprint density at radius 2 is 1.62 bits per heavy atom. The molecule has 2 aromatic carbocycles. The van der Waals surface area contributed by atoms with Crippen molar-refractivity contribution in [2.45, 2.75) is 6.61 Å². The lowest BCUT2D eigenvalue weighted by Gasteiger charge is -2.09. The van der Waals surface area contributed by atoms with Crippen LogP contribution in [0.2, 0.25) is 0 Å². The van der Waals surface area contributed by atoms with Gasteiger partial charge in [-0.1, -0.05) is 30.3 Å². The SMILES string of the molecule is O=C(COc1ccc(OCc2ccccc2)cc1)Nc1ncccc1O. The van der Waals surface area contributed by atoms with E-state index in [1.165, 1.54) is 12.3 Å². The Hall–Kier alpha value is -3.54. The number of ether oxygens (including phenoxy) is 2. The van der Waals surface area contributed by atoms with Crippen LogP contribution in [-0.4, -0.2) is 22.6 Å². The molecule has 0 aliphatic rings. The van der Waals surface area contributed by atoms with Gasteiger partial charge in [-0.2, -0.15) is 0 Å². The molecule has 26 heavy (non-hydrogen) atoms. The van der Waals surface area contributed by atoms with Crippen LogP contribution in [0.15, 0.2) is 72.9 Å². The second-order valence-electron chi connectivity index (χ2n) is 5.45. The van der Waals surface area contributed by atoms with Crippen LogP contribution < -0.4 is 14.8 Å². The molecule has 0 radical (unpaired) electrons. The van der Waals surface area contributed by atoms with E-state index in [-0.39, 0.29) is 18.2 Å². The molecule has 0 saturated carbocycles. The van der Waals surface area contributed by atoms with Crippen molar-refractivity contribution in [1.82, 2.24) is 4.98 Å². The maximum Gasteiger partial charge on any atom is 0.263 e. The number of hydrogen-bond acceptors (Lipinski definition) is 5. The minimum atomic E-state index is -0.414. The summed E-state index contributed by atoms with van der Waals surface area (Å²) in [6, 6.07) is 19.9. The van der Waals surface area contributed by atoms with E-state index in [4.69, 9.17) is 9.47 Å². The third kappa shape index (κ3) is 4.98. The highest BCUT2D eigenvalue weighted by atomic mass is 16.5. The smallest absolute Gasteiger partial charge is 0.263 e. The molecule has 1 heterocycles. The van der Waals surface area contributed by atoms with Crippen molar-refractivity contribution in [3.63, 3.8) is 0 Å². The van der Waals surface area contributed by atoms with Gasteiger partial charge in [0.1, 0.15) is 18.1 Å². The topological polar surface area (TPSA) is 80.7 Å². The van der Waals surface area contributed by atoms with E-state index in [0.717, 1.165) is 5.56 Å². The molecule has 132 valence electrons. The maximum absolute atomic E-state index is 11.9. The fourth-order valence-electron chi connectivity index (χ4n) is 2.18. The van der Waals surface area contributed by atoms with Crippen molar-refractivity contribution in [1.29, 1.82) is 0 Å². The summed E-state index contributed by atoms with van der Waals surface area (Å²) in [4.78, 5) is 15.7. The average Bonchev–Trinajstić information content (AvgIpc) is 2.68. The van der Waals surface area contributed by atoms with Crippen molar-refractivity contribution in [3.05, 3.63) is 78.5 Å². The lowest BCUT2D eigenvalue weighted by Crippen LogP contribution is -2.20. The van der Waals surface area contributed by atoms with Gasteiger partial charge in [0.05, 0.1) is 0 Å². The molecular formula is C20H18N2O4. The first kappa shape index (κ1) is 17.3. The third-order valence-corrected chi connectivity index (χ3v) is 3.49. The van der Waals surface area contributed by atoms with Gasteiger partial charge < -0.3 is 19.9 Å². The van der Waals surface area contributed by atoms with Crippen LogP contribution in [0, 0.1) is 0 Å². The van der Waals surface area contributed by atoms with E-state index in [9.17, 15) is 9.90 Å². The Morgan fingerprint density at radius 1 is 0.923 bits per heavy atom. The number of anilines is 1. The first-order valence-corrected chi connectivity index (χ1v) is 8.04. The van der Waals surface area contributed by atoms with Crippen LogP contribution >= 0.6 is 0 Å². The second-order valence-corrected chi connectivity index (χ2v) is 5.45. The number of amides is 1. The Kier molecular flexibility index (Phi) is 5.67. The van der Waals surface area contributed by atoms with E-state index >= 15 is 0 Å². The Bertz CT molecular complexity index is 851. The van der Waals surface area contributed by atoms with Gasteiger partial charge in [0.2, 0.25) is 0 Å². The summed E-state index contributed by atoms with van der Waals surface area (Å²) in [6.45, 7) is 0.289. The molecule has 1 amide bonds. The van der Waals surface area contributed by atoms with E-state index in [2.05, 4.69) is 10.3 Å². The number of nitrogens with one attached hydrogen (secondary N) is 1. The van der Waals surface area contributed by atoms with E-state index in [0.29, 0.717) is 18.1 Å². The van der Waals surface area contributed by atoms with Crippen LogP contribution in [0.25, 0.3) is 0 Å². The number of benzene rings is 2. The zero-order chi connectivity index (χ0) is 18.2. The van der Waals surface area contributed by atoms with Crippen molar-refractivity contribution < 1.29 is 19.4 Å². The summed E-state index contributed by atoms with van der Waals surface area (Å²) in [5.41, 5.74) is 1.09. The van der Waals surface area contributed by atoms with Crippen LogP contribution in [-0.2, 0) is 11.4 Å². The van der Waals surface area contributed by atoms with Gasteiger partial charge in [0, 0.05) is 6.20 Å². The first-order chi connectivity index (χ1) is 12.7. The summed E-state index contributed by atoms with van der Waals surface area (Å²) in [5, 5.41) is 12.1. The molecule has 0 spiro atoms. The van der Waals surface area contributed by atoms with Crippen LogP contribution in [0.5, 0.6) is 17.2 Å². The van der Waals surface area contributed by atoms with Gasteiger partial charge in [-0.15, -0.1) is 0 Å². The molecule has 0 unspecified atom stereocenters. The normalized spacial score (nSPS) is 10.2. The van der Waals surface area contributed by atoms with Gasteiger partial charge in [0.25, 0.3) is 5.91 Å². The Balaban J connectivity index is 1.46. The highest BCUT2D eigenvalue weighted by Gasteiger charge is 2.08. The number of hydrogen-bond donors (Lipinski definition) is 2. The number of rotatable bonds is 7. The van der Waals surface area contributed by atoms with Crippen molar-refractivity contribution in [3.8, 4) is 17.2 Å². The van der Waals surface area contributed by atoms with E-state index in [1.54, 1.807) is 30.3 Å². The molecule has 1 aromatic heterocycles. The summed E-state index contributed by atoms with van der Waals surface area (Å²) in [6.07, 6.45) is 1.48. The number of carbonyl (C=O) groups excluding carboxylic acids is 1. The minimum absolute atomic E-state index is 0.0965. The van der Waals surface area contributed by atoms with Crippen LogP contribution in [0.4, 0.5) is 5.82 Å². The lowest BCUT2D eigenvalue weighted by atomic mass is 10.2. The highest BCUT2D eigenvalue weighted by Crippen LogP contribution is 2.20. The molecule has 6 nitrogen and oxygen atoms in total. The number of aromatic hydroxyl groups is 1. The molecule has 0 aliphatic carbocycles. The lowest BCUT2D eigenvalue weighted by molar-refractivity contribution is -0.118. The molecule has 0 fully saturated rings. The molecule has 6 heteroatoms. The molecular weight excluding hydrogens is 332 g/mol. The third-order valence-electron chi connectivity index (χ3n) is 3.49. The monoisotopic (exact) mass is 350 g/mol. The first-order valence-electron chi connectivity index (χ1n) is 8.04. The highest BCUT2D eigenvalue weighted by molar-refractivity contribution is 5.92. The summed E-state index contributed by atoms with van der Waals surface area (Å²) in [7, 11) is 0. The van der Waals surface area contributed by atoms with Gasteiger partial charge in [-0.3, -0.25) is 4.79 Å². The van der Waals surface area contributed by atoms with Crippen molar-refractivity contribution in [2.75, 3.05) is 11.9 Å². The zero-order valence-electron chi connectivity index (χ0n) is 14.0. The van der Waals surface area contributed by atoms with Crippen LogP contribution in [0.1, 0.15) is 5.56 Å². The molecule has 3 aromatic rings. The Morgan fingerprint density at radius 3 is 2.31 bits per heavy atom. The van der Waals surface area contributed by atoms with Gasteiger partial charge in [-0.25, -0.2) is 4.98 Å². The Labute approximate surface area is 151 Å². The predicted octanol–water partition coefficient (Wildman–Crippen LogP) is 3.38. The molecule has 0 atom stereocenters. The van der Waals surface area contributed by atoms with Gasteiger partial charge in [0.15, 0.2) is 18.2 Å². The fraction of sp³-hybridized carbons (Fsp3) is 0.100. The molecule has 2 N–H and O–H groups in total. The fourth-order valence-corrected chi connectivity index (χ4v) is 2.18. The largest absolute Gasteiger partial charge is 0.504 e. The van der Waals surface area contributed by atoms with E-state index in [1.807, 2.05) is 30.3 Å². The minimum Gasteiger partial charge on any atom is -0.504 e. The zero-order valence-corrected chi connectivity index (χ0v) is 14.0. The summed E-state index contributed by atoms with van der Waals surface area (Å²) in [5.74, 6) is 0.844. The summed E-state index contributed by atoms with van der Waals surface area (Å²) >= 11 is 0. The quantitative estimate of drug-likeness (QED) is 0.683. The van der Waals surface area contributed by atoms with E-state index < -0.39 is 5.91 Å². The van der Waals surface area contributed by atoms with Crippen LogP contribution in [0.3, 0.4) is 0 Å². The average molecular weight is 350 g/mol. The molecule has 3 rings (SSSR count). The van der Waals surface area contributed by atoms with Gasteiger partial charge in [-0.05, 0) is 42.0 Å². The number of carbonyl (C=O) groups is 1. The van der Waals surface area contributed by atoms with Gasteiger partial charge >= 0.3 is 0 Å². The molecule has 0 saturated heterocycles. The van der Waals surface area contributed by atoms with Crippen molar-refractivity contribution in [2.24, 2.45) is 0 Å². The summed E-state index contributed by atoms with van der Waals surface area (Å²) < 4.78 is 11.1. The second kappa shape index (κ2) is 8.53. The van der Waals surface area contributed by atoms with Crippen molar-refractivity contribution >= 4 is 11.7 Å². The number of nitrogens with zero attached hydrogens (tertiary/aromatic N) is 1. The number of aromatic nitrogens is 1.